The number of aliphatic hydroxyl groups excluding tert-OH is 1. The van der Waals surface area contributed by atoms with Crippen molar-refractivity contribution in [1.29, 1.82) is 0 Å². The molecule has 0 radical (unpaired) electrons. The predicted molar refractivity (Wildman–Crippen MR) is 61.9 cm³/mol. The first-order chi connectivity index (χ1) is 7.31. The minimum Gasteiger partial charge on any atom is -0.396 e. The van der Waals surface area contributed by atoms with Gasteiger partial charge in [0.2, 0.25) is 0 Å². The van der Waals surface area contributed by atoms with Crippen LogP contribution >= 0.6 is 11.3 Å². The van der Waals surface area contributed by atoms with Gasteiger partial charge in [-0.25, -0.2) is 4.98 Å². The quantitative estimate of drug-likeness (QED) is 0.855. The predicted octanol–water partition coefficient (Wildman–Crippen LogP) is 1.91. The maximum Gasteiger partial charge on any atom is 0.109 e. The average molecular weight is 226 g/mol. The summed E-state index contributed by atoms with van der Waals surface area (Å²) in [4.78, 5) is 6.82. The number of thiazole rings is 1. The Morgan fingerprint density at radius 2 is 2.33 bits per heavy atom. The molecule has 1 aromatic rings. The molecule has 0 bridgehead atoms. The highest BCUT2D eigenvalue weighted by molar-refractivity contribution is 7.09. The summed E-state index contributed by atoms with van der Waals surface area (Å²) in [6, 6.07) is 0.435. The Morgan fingerprint density at radius 1 is 1.60 bits per heavy atom. The molecule has 0 aliphatic carbocycles. The molecule has 1 atom stereocenters. The van der Waals surface area contributed by atoms with Crippen LogP contribution in [0.4, 0.5) is 0 Å². The molecule has 84 valence electrons. The van der Waals surface area contributed by atoms with Gasteiger partial charge in [0.1, 0.15) is 5.01 Å². The van der Waals surface area contributed by atoms with E-state index in [2.05, 4.69) is 16.8 Å². The van der Waals surface area contributed by atoms with Crippen molar-refractivity contribution in [3.05, 3.63) is 16.6 Å². The molecule has 4 heteroatoms. The van der Waals surface area contributed by atoms with Crippen LogP contribution in [0.2, 0.25) is 0 Å². The summed E-state index contributed by atoms with van der Waals surface area (Å²) >= 11 is 1.73. The summed E-state index contributed by atoms with van der Waals surface area (Å²) in [6.45, 7) is 4.75. The van der Waals surface area contributed by atoms with Crippen LogP contribution in [0.25, 0.3) is 0 Å². The molecule has 1 fully saturated rings. The SMILES string of the molecule is C[C@@H](c1nccs1)N1CCC(CO)CC1. The lowest BCUT2D eigenvalue weighted by Crippen LogP contribution is -2.36. The monoisotopic (exact) mass is 226 g/mol. The molecule has 0 saturated carbocycles. The fourth-order valence-electron chi connectivity index (χ4n) is 2.12. The summed E-state index contributed by atoms with van der Waals surface area (Å²) in [5, 5.41) is 12.3. The van der Waals surface area contributed by atoms with E-state index >= 15 is 0 Å². The molecule has 0 unspecified atom stereocenters. The van der Waals surface area contributed by atoms with Gasteiger partial charge in [-0.3, -0.25) is 4.90 Å². The maximum atomic E-state index is 9.07. The van der Waals surface area contributed by atoms with Gasteiger partial charge >= 0.3 is 0 Å². The third-order valence-electron chi connectivity index (χ3n) is 3.26. The minimum absolute atomic E-state index is 0.347. The van der Waals surface area contributed by atoms with Crippen molar-refractivity contribution in [2.24, 2.45) is 5.92 Å². The van der Waals surface area contributed by atoms with Crippen LogP contribution in [-0.4, -0.2) is 34.7 Å². The largest absolute Gasteiger partial charge is 0.396 e. The Bertz CT molecular complexity index is 281. The highest BCUT2D eigenvalue weighted by Gasteiger charge is 2.23. The second-order valence-electron chi connectivity index (χ2n) is 4.21. The summed E-state index contributed by atoms with van der Waals surface area (Å²) in [5.41, 5.74) is 0. The summed E-state index contributed by atoms with van der Waals surface area (Å²) in [6.07, 6.45) is 4.11. The molecule has 1 aliphatic rings. The third-order valence-corrected chi connectivity index (χ3v) is 4.21. The van der Waals surface area contributed by atoms with E-state index in [0.29, 0.717) is 18.6 Å². The van der Waals surface area contributed by atoms with Gasteiger partial charge < -0.3 is 5.11 Å². The fraction of sp³-hybridized carbons (Fsp3) is 0.727. The zero-order valence-electron chi connectivity index (χ0n) is 9.09. The Balaban J connectivity index is 1.90. The Labute approximate surface area is 94.8 Å². The van der Waals surface area contributed by atoms with Crippen molar-refractivity contribution < 1.29 is 5.11 Å². The average Bonchev–Trinajstić information content (AvgIpc) is 2.82. The second-order valence-corrected chi connectivity index (χ2v) is 5.13. The normalized spacial score (nSPS) is 21.7. The smallest absolute Gasteiger partial charge is 0.109 e. The Hall–Kier alpha value is -0.450. The molecule has 2 rings (SSSR count). The molecule has 1 N–H and O–H groups in total. The van der Waals surface area contributed by atoms with E-state index < -0.39 is 0 Å². The first kappa shape index (κ1) is 11.0. The Morgan fingerprint density at radius 3 is 2.87 bits per heavy atom. The van der Waals surface area contributed by atoms with Crippen LogP contribution in [0, 0.1) is 5.92 Å². The molecular weight excluding hydrogens is 208 g/mol. The first-order valence-electron chi connectivity index (χ1n) is 5.55. The number of piperidine rings is 1. The lowest BCUT2D eigenvalue weighted by Gasteiger charge is -2.34. The van der Waals surface area contributed by atoms with Gasteiger partial charge in [0.25, 0.3) is 0 Å². The molecule has 1 aromatic heterocycles. The zero-order chi connectivity index (χ0) is 10.7. The van der Waals surface area contributed by atoms with Gasteiger partial charge in [0.15, 0.2) is 0 Å². The van der Waals surface area contributed by atoms with Gasteiger partial charge in [0, 0.05) is 18.2 Å². The van der Waals surface area contributed by atoms with Crippen molar-refractivity contribution in [2.75, 3.05) is 19.7 Å². The molecule has 1 saturated heterocycles. The number of aliphatic hydroxyl groups is 1. The van der Waals surface area contributed by atoms with Crippen LogP contribution in [-0.2, 0) is 0 Å². The molecule has 3 nitrogen and oxygen atoms in total. The zero-order valence-corrected chi connectivity index (χ0v) is 9.91. The van der Waals surface area contributed by atoms with Crippen LogP contribution < -0.4 is 0 Å². The van der Waals surface area contributed by atoms with Crippen LogP contribution in [0.15, 0.2) is 11.6 Å². The third kappa shape index (κ3) is 2.56. The Kier molecular flexibility index (Phi) is 3.72. The molecule has 0 spiro atoms. The van der Waals surface area contributed by atoms with Crippen molar-refractivity contribution >= 4 is 11.3 Å². The van der Waals surface area contributed by atoms with E-state index in [4.69, 9.17) is 5.11 Å². The summed E-state index contributed by atoms with van der Waals surface area (Å²) < 4.78 is 0. The van der Waals surface area contributed by atoms with Gasteiger partial charge in [0.05, 0.1) is 6.04 Å². The molecular formula is C11H18N2OS. The number of hydrogen-bond acceptors (Lipinski definition) is 4. The summed E-state index contributed by atoms with van der Waals surface area (Å²) in [7, 11) is 0. The highest BCUT2D eigenvalue weighted by atomic mass is 32.1. The fourth-order valence-corrected chi connectivity index (χ4v) is 2.85. The van der Waals surface area contributed by atoms with E-state index in [-0.39, 0.29) is 0 Å². The highest BCUT2D eigenvalue weighted by Crippen LogP contribution is 2.27. The lowest BCUT2D eigenvalue weighted by atomic mass is 9.97. The number of aromatic nitrogens is 1. The molecule has 1 aliphatic heterocycles. The number of likely N-dealkylation sites (tertiary alicyclic amines) is 1. The first-order valence-corrected chi connectivity index (χ1v) is 6.43. The topological polar surface area (TPSA) is 36.4 Å². The molecule has 2 heterocycles. The van der Waals surface area contributed by atoms with E-state index in [1.807, 2.05) is 11.6 Å². The standard InChI is InChI=1S/C11H18N2OS/c1-9(11-12-4-7-15-11)13-5-2-10(8-14)3-6-13/h4,7,9-10,14H,2-3,5-6,8H2,1H3/t9-/m0/s1. The number of hydrogen-bond donors (Lipinski definition) is 1. The number of nitrogens with zero attached hydrogens (tertiary/aromatic N) is 2. The second kappa shape index (κ2) is 5.05. The lowest BCUT2D eigenvalue weighted by molar-refractivity contribution is 0.106. The van der Waals surface area contributed by atoms with Crippen LogP contribution in [0.5, 0.6) is 0 Å². The molecule has 0 aromatic carbocycles. The van der Waals surface area contributed by atoms with Gasteiger partial charge in [-0.15, -0.1) is 11.3 Å². The molecule has 15 heavy (non-hydrogen) atoms. The van der Waals surface area contributed by atoms with E-state index in [1.165, 1.54) is 5.01 Å². The summed E-state index contributed by atoms with van der Waals surface area (Å²) in [5.74, 6) is 0.518. The van der Waals surface area contributed by atoms with Crippen LogP contribution in [0.1, 0.15) is 30.8 Å². The number of rotatable bonds is 3. The van der Waals surface area contributed by atoms with E-state index in [0.717, 1.165) is 25.9 Å². The van der Waals surface area contributed by atoms with Crippen molar-refractivity contribution in [1.82, 2.24) is 9.88 Å². The van der Waals surface area contributed by atoms with Gasteiger partial charge in [-0.05, 0) is 38.8 Å². The van der Waals surface area contributed by atoms with E-state index in [1.54, 1.807) is 11.3 Å². The maximum absolute atomic E-state index is 9.07. The minimum atomic E-state index is 0.347. The van der Waals surface area contributed by atoms with Crippen molar-refractivity contribution in [3.63, 3.8) is 0 Å². The van der Waals surface area contributed by atoms with Crippen molar-refractivity contribution in [2.45, 2.75) is 25.8 Å². The van der Waals surface area contributed by atoms with Gasteiger partial charge in [-0.1, -0.05) is 0 Å². The van der Waals surface area contributed by atoms with Crippen molar-refractivity contribution in [3.8, 4) is 0 Å². The molecule has 0 amide bonds. The van der Waals surface area contributed by atoms with Gasteiger partial charge in [-0.2, -0.15) is 0 Å². The van der Waals surface area contributed by atoms with Crippen LogP contribution in [0.3, 0.4) is 0 Å². The van der Waals surface area contributed by atoms with E-state index in [9.17, 15) is 0 Å².